The molecule has 17 heavy (non-hydrogen) atoms. The van der Waals surface area contributed by atoms with Crippen molar-refractivity contribution in [2.75, 3.05) is 0 Å². The van der Waals surface area contributed by atoms with Gasteiger partial charge in [0.1, 0.15) is 5.75 Å². The van der Waals surface area contributed by atoms with Crippen molar-refractivity contribution in [2.45, 2.75) is 6.92 Å². The normalized spacial score (nSPS) is 10.6. The third-order valence-electron chi connectivity index (χ3n) is 2.45. The summed E-state index contributed by atoms with van der Waals surface area (Å²) >= 11 is 0. The monoisotopic (exact) mass is 238 g/mol. The van der Waals surface area contributed by atoms with Crippen molar-refractivity contribution in [2.24, 2.45) is 0 Å². The molecule has 0 spiro atoms. The molecule has 1 nitrogen and oxygen atoms in total. The van der Waals surface area contributed by atoms with Gasteiger partial charge in [0, 0.05) is 5.56 Å². The Labute approximate surface area is 96.1 Å². The summed E-state index contributed by atoms with van der Waals surface area (Å²) in [5.74, 6) is -4.18. The zero-order valence-electron chi connectivity index (χ0n) is 8.97. The average Bonchev–Trinajstić information content (AvgIpc) is 2.28. The average molecular weight is 238 g/mol. The minimum atomic E-state index is -1.51. The molecule has 0 aliphatic rings. The van der Waals surface area contributed by atoms with Crippen molar-refractivity contribution in [1.29, 1.82) is 0 Å². The second-order valence-corrected chi connectivity index (χ2v) is 3.77. The van der Waals surface area contributed by atoms with Gasteiger partial charge >= 0.3 is 0 Å². The van der Waals surface area contributed by atoms with Gasteiger partial charge in [-0.15, -0.1) is 0 Å². The van der Waals surface area contributed by atoms with Crippen LogP contribution in [0.1, 0.15) is 5.56 Å². The lowest BCUT2D eigenvalue weighted by molar-refractivity contribution is 0.447. The van der Waals surface area contributed by atoms with E-state index >= 15 is 0 Å². The van der Waals surface area contributed by atoms with Crippen LogP contribution in [0.5, 0.6) is 5.75 Å². The first-order valence-corrected chi connectivity index (χ1v) is 4.93. The summed E-state index contributed by atoms with van der Waals surface area (Å²) in [6, 6.07) is 6.36. The molecule has 0 fully saturated rings. The Kier molecular flexibility index (Phi) is 2.79. The van der Waals surface area contributed by atoms with E-state index in [1.54, 1.807) is 19.1 Å². The van der Waals surface area contributed by atoms with Crippen molar-refractivity contribution >= 4 is 0 Å². The van der Waals surface area contributed by atoms with Crippen LogP contribution in [0.2, 0.25) is 0 Å². The molecule has 0 heterocycles. The Morgan fingerprint density at radius 1 is 0.941 bits per heavy atom. The van der Waals surface area contributed by atoms with Crippen LogP contribution in [0.25, 0.3) is 11.1 Å². The van der Waals surface area contributed by atoms with E-state index in [1.807, 2.05) is 0 Å². The first-order valence-electron chi connectivity index (χ1n) is 4.93. The minimum absolute atomic E-state index is 0.0996. The molecule has 2 aromatic rings. The number of benzene rings is 2. The molecule has 0 aliphatic carbocycles. The van der Waals surface area contributed by atoms with E-state index in [4.69, 9.17) is 0 Å². The molecule has 0 unspecified atom stereocenters. The number of hydrogen-bond acceptors (Lipinski definition) is 1. The molecule has 0 radical (unpaired) electrons. The van der Waals surface area contributed by atoms with Crippen molar-refractivity contribution in [1.82, 2.24) is 0 Å². The molecule has 0 amide bonds. The van der Waals surface area contributed by atoms with Crippen molar-refractivity contribution in [3.05, 3.63) is 53.3 Å². The number of aryl methyl sites for hydroxylation is 1. The van der Waals surface area contributed by atoms with Gasteiger partial charge in [-0.1, -0.05) is 11.6 Å². The van der Waals surface area contributed by atoms with Crippen LogP contribution in [-0.4, -0.2) is 5.11 Å². The number of aromatic hydroxyl groups is 1. The van der Waals surface area contributed by atoms with Crippen molar-refractivity contribution in [3.63, 3.8) is 0 Å². The number of phenols is 1. The van der Waals surface area contributed by atoms with Crippen LogP contribution in [-0.2, 0) is 0 Å². The standard InChI is InChI=1S/C13H9F3O/c1-7-2-3-12(17)9(4-7)8-5-10(14)13(16)11(15)6-8/h2-6,17H,1H3. The van der Waals surface area contributed by atoms with Gasteiger partial charge in [0.15, 0.2) is 17.5 Å². The summed E-state index contributed by atoms with van der Waals surface area (Å²) in [6.07, 6.45) is 0. The van der Waals surface area contributed by atoms with Gasteiger partial charge < -0.3 is 5.11 Å². The third kappa shape index (κ3) is 2.11. The number of rotatable bonds is 1. The Morgan fingerprint density at radius 3 is 2.12 bits per heavy atom. The molecule has 0 bridgehead atoms. The molecule has 0 aromatic heterocycles. The Balaban J connectivity index is 2.64. The molecule has 0 saturated carbocycles. The highest BCUT2D eigenvalue weighted by atomic mass is 19.2. The van der Waals surface area contributed by atoms with Crippen molar-refractivity contribution < 1.29 is 18.3 Å². The number of hydrogen-bond donors (Lipinski definition) is 1. The molecule has 0 atom stereocenters. The van der Waals surface area contributed by atoms with Gasteiger partial charge in [-0.3, -0.25) is 0 Å². The Bertz CT molecular complexity index is 556. The van der Waals surface area contributed by atoms with E-state index < -0.39 is 17.5 Å². The molecule has 0 aliphatic heterocycles. The van der Waals surface area contributed by atoms with Gasteiger partial charge in [0.25, 0.3) is 0 Å². The van der Waals surface area contributed by atoms with E-state index in [-0.39, 0.29) is 16.9 Å². The van der Waals surface area contributed by atoms with Crippen LogP contribution in [0.15, 0.2) is 30.3 Å². The number of phenolic OH excluding ortho intramolecular Hbond substituents is 1. The van der Waals surface area contributed by atoms with Gasteiger partial charge in [-0.2, -0.15) is 0 Å². The van der Waals surface area contributed by atoms with Gasteiger partial charge in [-0.05, 0) is 36.8 Å². The van der Waals surface area contributed by atoms with Crippen molar-refractivity contribution in [3.8, 4) is 16.9 Å². The molecule has 0 saturated heterocycles. The fourth-order valence-corrected chi connectivity index (χ4v) is 1.59. The summed E-state index contributed by atoms with van der Waals surface area (Å²) in [6.45, 7) is 1.78. The fraction of sp³-hybridized carbons (Fsp3) is 0.0769. The van der Waals surface area contributed by atoms with E-state index in [0.717, 1.165) is 17.7 Å². The highest BCUT2D eigenvalue weighted by Gasteiger charge is 2.13. The predicted octanol–water partition coefficient (Wildman–Crippen LogP) is 3.78. The lowest BCUT2D eigenvalue weighted by atomic mass is 10.0. The van der Waals surface area contributed by atoms with Crippen LogP contribution < -0.4 is 0 Å². The third-order valence-corrected chi connectivity index (χ3v) is 2.45. The topological polar surface area (TPSA) is 20.2 Å². The van der Waals surface area contributed by atoms with Crippen LogP contribution in [0.4, 0.5) is 13.2 Å². The quantitative estimate of drug-likeness (QED) is 0.749. The summed E-state index contributed by atoms with van der Waals surface area (Å²) < 4.78 is 38.9. The van der Waals surface area contributed by atoms with Gasteiger partial charge in [0.05, 0.1) is 0 Å². The highest BCUT2D eigenvalue weighted by Crippen LogP contribution is 2.31. The minimum Gasteiger partial charge on any atom is -0.507 e. The lowest BCUT2D eigenvalue weighted by Crippen LogP contribution is -1.92. The first kappa shape index (κ1) is 11.5. The van der Waals surface area contributed by atoms with E-state index in [9.17, 15) is 18.3 Å². The maximum absolute atomic E-state index is 13.1. The smallest absolute Gasteiger partial charge is 0.194 e. The SMILES string of the molecule is Cc1ccc(O)c(-c2cc(F)c(F)c(F)c2)c1. The molecule has 88 valence electrons. The second kappa shape index (κ2) is 4.13. The summed E-state index contributed by atoms with van der Waals surface area (Å²) in [7, 11) is 0. The molecular weight excluding hydrogens is 229 g/mol. The first-order chi connectivity index (χ1) is 7.99. The molecule has 2 rings (SSSR count). The van der Waals surface area contributed by atoms with E-state index in [0.29, 0.717) is 0 Å². The molecular formula is C13H9F3O. The maximum atomic E-state index is 13.1. The molecule has 1 N–H and O–H groups in total. The zero-order chi connectivity index (χ0) is 12.6. The summed E-state index contributed by atoms with van der Waals surface area (Å²) in [5.41, 5.74) is 1.19. The Morgan fingerprint density at radius 2 is 1.53 bits per heavy atom. The lowest BCUT2D eigenvalue weighted by Gasteiger charge is -2.07. The summed E-state index contributed by atoms with van der Waals surface area (Å²) in [5, 5.41) is 9.60. The molecule has 2 aromatic carbocycles. The van der Waals surface area contributed by atoms with Gasteiger partial charge in [0.2, 0.25) is 0 Å². The largest absolute Gasteiger partial charge is 0.507 e. The van der Waals surface area contributed by atoms with Crippen LogP contribution in [0, 0.1) is 24.4 Å². The number of halogens is 3. The van der Waals surface area contributed by atoms with E-state index in [2.05, 4.69) is 0 Å². The molecule has 4 heteroatoms. The van der Waals surface area contributed by atoms with Crippen LogP contribution in [0.3, 0.4) is 0 Å². The van der Waals surface area contributed by atoms with Gasteiger partial charge in [-0.25, -0.2) is 13.2 Å². The summed E-state index contributed by atoms with van der Waals surface area (Å²) in [4.78, 5) is 0. The zero-order valence-corrected chi connectivity index (χ0v) is 8.97. The second-order valence-electron chi connectivity index (χ2n) is 3.77. The Hall–Kier alpha value is -1.97. The predicted molar refractivity (Wildman–Crippen MR) is 58.2 cm³/mol. The maximum Gasteiger partial charge on any atom is 0.194 e. The highest BCUT2D eigenvalue weighted by molar-refractivity contribution is 5.70. The van der Waals surface area contributed by atoms with Crippen LogP contribution >= 0.6 is 0 Å². The fourth-order valence-electron chi connectivity index (χ4n) is 1.59. The van der Waals surface area contributed by atoms with E-state index in [1.165, 1.54) is 6.07 Å².